The number of nitrogens with two attached hydrogens (primary N) is 1. The number of primary amides is 1. The number of nitrogens with zero attached hydrogens (tertiary/aromatic N) is 1. The van der Waals surface area contributed by atoms with Gasteiger partial charge in [0.2, 0.25) is 11.8 Å². The molecule has 3 N–H and O–H groups in total. The molecule has 0 spiro atoms. The molecule has 1 rings (SSSR count). The third-order valence-corrected chi connectivity index (χ3v) is 2.51. The van der Waals surface area contributed by atoms with Crippen LogP contribution < -0.4 is 11.1 Å². The summed E-state index contributed by atoms with van der Waals surface area (Å²) in [6.45, 7) is 1.19. The van der Waals surface area contributed by atoms with Gasteiger partial charge in [0.1, 0.15) is 0 Å². The average molecular weight is 199 g/mol. The maximum atomic E-state index is 11.7. The van der Waals surface area contributed by atoms with E-state index in [4.69, 9.17) is 5.73 Å². The summed E-state index contributed by atoms with van der Waals surface area (Å²) in [5.41, 5.74) is 5.03. The summed E-state index contributed by atoms with van der Waals surface area (Å²) in [5, 5.41) is 2.96. The van der Waals surface area contributed by atoms with E-state index in [0.29, 0.717) is 6.54 Å². The van der Waals surface area contributed by atoms with Crippen molar-refractivity contribution < 1.29 is 9.59 Å². The number of hydrogen-bond donors (Lipinski definition) is 2. The Labute approximate surface area is 83.6 Å². The topological polar surface area (TPSA) is 75.4 Å². The van der Waals surface area contributed by atoms with Crippen LogP contribution in [0.3, 0.4) is 0 Å². The lowest BCUT2D eigenvalue weighted by atomic mass is 10.0. The average Bonchev–Trinajstić information content (AvgIpc) is 2.16. The van der Waals surface area contributed by atoms with E-state index >= 15 is 0 Å². The summed E-state index contributed by atoms with van der Waals surface area (Å²) in [6.07, 6.45) is 2.11. The van der Waals surface area contributed by atoms with Crippen LogP contribution >= 0.6 is 0 Å². The molecule has 1 aliphatic heterocycles. The molecule has 1 aliphatic rings. The van der Waals surface area contributed by atoms with Gasteiger partial charge in [0.15, 0.2) is 0 Å². The highest BCUT2D eigenvalue weighted by molar-refractivity contribution is 5.83. The van der Waals surface area contributed by atoms with Gasteiger partial charge in [0.05, 0.1) is 6.04 Å². The molecule has 0 aromatic rings. The molecule has 14 heavy (non-hydrogen) atoms. The van der Waals surface area contributed by atoms with Crippen molar-refractivity contribution in [3.63, 3.8) is 0 Å². The van der Waals surface area contributed by atoms with E-state index in [9.17, 15) is 9.59 Å². The van der Waals surface area contributed by atoms with E-state index in [1.54, 1.807) is 11.9 Å². The van der Waals surface area contributed by atoms with Crippen LogP contribution in [0.1, 0.15) is 19.3 Å². The molecule has 1 unspecified atom stereocenters. The summed E-state index contributed by atoms with van der Waals surface area (Å²) in [6, 6.07) is -0.0865. The first-order valence-corrected chi connectivity index (χ1v) is 4.89. The SMILES string of the molecule is CNC1CCCN(CCC(N)=O)C1=O. The molecule has 5 heteroatoms. The maximum absolute atomic E-state index is 11.7. The first kappa shape index (κ1) is 11.0. The van der Waals surface area contributed by atoms with Crippen molar-refractivity contribution in [1.29, 1.82) is 0 Å². The number of nitrogens with one attached hydrogen (secondary N) is 1. The largest absolute Gasteiger partial charge is 0.370 e. The van der Waals surface area contributed by atoms with Crippen LogP contribution in [-0.4, -0.2) is 42.9 Å². The fourth-order valence-electron chi connectivity index (χ4n) is 1.68. The van der Waals surface area contributed by atoms with Gasteiger partial charge in [-0.3, -0.25) is 9.59 Å². The van der Waals surface area contributed by atoms with Gasteiger partial charge in [-0.2, -0.15) is 0 Å². The van der Waals surface area contributed by atoms with Crippen LogP contribution in [0.2, 0.25) is 0 Å². The van der Waals surface area contributed by atoms with Gasteiger partial charge in [-0.15, -0.1) is 0 Å². The van der Waals surface area contributed by atoms with Crippen LogP contribution in [0.4, 0.5) is 0 Å². The molecule has 0 bridgehead atoms. The summed E-state index contributed by atoms with van der Waals surface area (Å²) in [7, 11) is 1.78. The number of carbonyl (C=O) groups is 2. The van der Waals surface area contributed by atoms with Crippen molar-refractivity contribution >= 4 is 11.8 Å². The van der Waals surface area contributed by atoms with E-state index in [2.05, 4.69) is 5.32 Å². The minimum atomic E-state index is -0.357. The Hall–Kier alpha value is -1.10. The number of carbonyl (C=O) groups excluding carboxylic acids is 2. The van der Waals surface area contributed by atoms with E-state index in [1.807, 2.05) is 0 Å². The molecule has 0 radical (unpaired) electrons. The van der Waals surface area contributed by atoms with Crippen molar-refractivity contribution in [2.75, 3.05) is 20.1 Å². The lowest BCUT2D eigenvalue weighted by molar-refractivity contribution is -0.136. The Kier molecular flexibility index (Phi) is 3.88. The van der Waals surface area contributed by atoms with Crippen LogP contribution in [0, 0.1) is 0 Å². The molecule has 0 saturated carbocycles. The molecule has 1 fully saturated rings. The maximum Gasteiger partial charge on any atom is 0.239 e. The van der Waals surface area contributed by atoms with Crippen LogP contribution in [0.15, 0.2) is 0 Å². The second-order valence-electron chi connectivity index (χ2n) is 3.53. The van der Waals surface area contributed by atoms with Crippen molar-refractivity contribution in [2.24, 2.45) is 5.73 Å². The summed E-state index contributed by atoms with van der Waals surface area (Å²) >= 11 is 0. The van der Waals surface area contributed by atoms with E-state index in [0.717, 1.165) is 19.4 Å². The number of rotatable bonds is 4. The minimum absolute atomic E-state index is 0.0833. The van der Waals surface area contributed by atoms with Gasteiger partial charge in [-0.1, -0.05) is 0 Å². The molecule has 5 nitrogen and oxygen atoms in total. The lowest BCUT2D eigenvalue weighted by Gasteiger charge is -2.31. The smallest absolute Gasteiger partial charge is 0.239 e. The highest BCUT2D eigenvalue weighted by atomic mass is 16.2. The number of hydrogen-bond acceptors (Lipinski definition) is 3. The first-order valence-electron chi connectivity index (χ1n) is 4.89. The van der Waals surface area contributed by atoms with Crippen molar-refractivity contribution in [1.82, 2.24) is 10.2 Å². The molecule has 80 valence electrons. The highest BCUT2D eigenvalue weighted by Gasteiger charge is 2.26. The van der Waals surface area contributed by atoms with Crippen LogP contribution in [-0.2, 0) is 9.59 Å². The van der Waals surface area contributed by atoms with Crippen molar-refractivity contribution in [3.8, 4) is 0 Å². The first-order chi connectivity index (χ1) is 6.65. The lowest BCUT2D eigenvalue weighted by Crippen LogP contribution is -2.50. The molecule has 2 amide bonds. The Bertz CT molecular complexity index is 230. The molecule has 1 saturated heterocycles. The van der Waals surface area contributed by atoms with Crippen molar-refractivity contribution in [3.05, 3.63) is 0 Å². The molecule has 0 aromatic carbocycles. The molecular formula is C9H17N3O2. The van der Waals surface area contributed by atoms with Gasteiger partial charge in [0, 0.05) is 19.5 Å². The number of likely N-dealkylation sites (tertiary alicyclic amines) is 1. The second-order valence-corrected chi connectivity index (χ2v) is 3.53. The van der Waals surface area contributed by atoms with Gasteiger partial charge in [-0.25, -0.2) is 0 Å². The Balaban J connectivity index is 2.43. The molecule has 0 aromatic heterocycles. The monoisotopic (exact) mass is 199 g/mol. The normalized spacial score (nSPS) is 22.5. The third kappa shape index (κ3) is 2.70. The molecular weight excluding hydrogens is 182 g/mol. The minimum Gasteiger partial charge on any atom is -0.370 e. The zero-order valence-corrected chi connectivity index (χ0v) is 8.45. The van der Waals surface area contributed by atoms with Gasteiger partial charge in [0.25, 0.3) is 0 Å². The summed E-state index contributed by atoms with van der Waals surface area (Å²) in [4.78, 5) is 24.0. The number of likely N-dealkylation sites (N-methyl/N-ethyl adjacent to an activating group) is 1. The molecule has 1 atom stereocenters. The predicted molar refractivity (Wildman–Crippen MR) is 52.5 cm³/mol. The van der Waals surface area contributed by atoms with E-state index < -0.39 is 0 Å². The van der Waals surface area contributed by atoms with Crippen molar-refractivity contribution in [2.45, 2.75) is 25.3 Å². The number of piperidine rings is 1. The number of amides is 2. The van der Waals surface area contributed by atoms with Gasteiger partial charge in [-0.05, 0) is 19.9 Å². The fourth-order valence-corrected chi connectivity index (χ4v) is 1.68. The zero-order chi connectivity index (χ0) is 10.6. The Morgan fingerprint density at radius 1 is 1.71 bits per heavy atom. The van der Waals surface area contributed by atoms with Crippen LogP contribution in [0.25, 0.3) is 0 Å². The third-order valence-electron chi connectivity index (χ3n) is 2.51. The standard InChI is InChI=1S/C9H17N3O2/c1-11-7-3-2-5-12(9(7)14)6-4-8(10)13/h7,11H,2-6H2,1H3,(H2,10,13). The van der Waals surface area contributed by atoms with E-state index in [-0.39, 0.29) is 24.3 Å². The quantitative estimate of drug-likeness (QED) is 0.614. The zero-order valence-electron chi connectivity index (χ0n) is 8.45. The predicted octanol–water partition coefficient (Wildman–Crippen LogP) is -0.928. The summed E-state index contributed by atoms with van der Waals surface area (Å²) < 4.78 is 0. The Morgan fingerprint density at radius 3 is 3.00 bits per heavy atom. The summed E-state index contributed by atoms with van der Waals surface area (Å²) in [5.74, 6) is -0.274. The fraction of sp³-hybridized carbons (Fsp3) is 0.778. The Morgan fingerprint density at radius 2 is 2.43 bits per heavy atom. The van der Waals surface area contributed by atoms with Gasteiger partial charge >= 0.3 is 0 Å². The molecule has 0 aliphatic carbocycles. The highest BCUT2D eigenvalue weighted by Crippen LogP contribution is 2.11. The molecule has 1 heterocycles. The van der Waals surface area contributed by atoms with Crippen LogP contribution in [0.5, 0.6) is 0 Å². The van der Waals surface area contributed by atoms with Gasteiger partial charge < -0.3 is 16.0 Å². The second kappa shape index (κ2) is 4.95. The van der Waals surface area contributed by atoms with E-state index in [1.165, 1.54) is 0 Å².